The third-order valence-electron chi connectivity index (χ3n) is 4.92. The lowest BCUT2D eigenvalue weighted by Crippen LogP contribution is -2.41. The van der Waals surface area contributed by atoms with Crippen molar-refractivity contribution < 1.29 is 17.6 Å². The Morgan fingerprint density at radius 3 is 2.69 bits per heavy atom. The lowest BCUT2D eigenvalue weighted by Gasteiger charge is -2.29. The quantitative estimate of drug-likeness (QED) is 0.677. The number of benzene rings is 1. The second-order valence-electron chi connectivity index (χ2n) is 7.09. The fourth-order valence-corrected chi connectivity index (χ4v) is 5.23. The van der Waals surface area contributed by atoms with Gasteiger partial charge >= 0.3 is 0 Å². The van der Waals surface area contributed by atoms with E-state index in [0.717, 1.165) is 0 Å². The molecule has 3 aromatic rings. The molecular weight excluding hydrogens is 417 g/mol. The van der Waals surface area contributed by atoms with Gasteiger partial charge in [-0.2, -0.15) is 9.78 Å². The molecule has 0 spiro atoms. The molecule has 0 bridgehead atoms. The van der Waals surface area contributed by atoms with Crippen LogP contribution in [-0.4, -0.2) is 52.7 Å². The van der Waals surface area contributed by atoms with E-state index in [0.29, 0.717) is 47.3 Å². The van der Waals surface area contributed by atoms with Gasteiger partial charge in [0.15, 0.2) is 0 Å². The number of aryl methyl sites for hydroxylation is 1. The van der Waals surface area contributed by atoms with Crippen molar-refractivity contribution in [3.63, 3.8) is 0 Å². The topological polar surface area (TPSA) is 97.2 Å². The van der Waals surface area contributed by atoms with Crippen LogP contribution in [0.1, 0.15) is 18.5 Å². The number of sulfonamides is 1. The molecule has 1 saturated heterocycles. The monoisotopic (exact) mass is 437 g/mol. The average molecular weight is 438 g/mol. The second kappa shape index (κ2) is 7.47. The Labute approximate surface area is 171 Å². The van der Waals surface area contributed by atoms with E-state index >= 15 is 0 Å². The van der Waals surface area contributed by atoms with Gasteiger partial charge in [0, 0.05) is 25.1 Å². The zero-order valence-corrected chi connectivity index (χ0v) is 17.6. The van der Waals surface area contributed by atoms with Gasteiger partial charge in [-0.15, -0.1) is 0 Å². The maximum atomic E-state index is 14.0. The molecule has 0 aliphatic carbocycles. The van der Waals surface area contributed by atoms with Crippen LogP contribution in [0.4, 0.5) is 10.2 Å². The zero-order valence-electron chi connectivity index (χ0n) is 15.9. The molecule has 1 fully saturated rings. The van der Waals surface area contributed by atoms with Crippen LogP contribution in [0.25, 0.3) is 15.3 Å². The van der Waals surface area contributed by atoms with Crippen LogP contribution < -0.4 is 5.32 Å². The van der Waals surface area contributed by atoms with Crippen molar-refractivity contribution in [2.45, 2.75) is 19.8 Å². The highest BCUT2D eigenvalue weighted by Crippen LogP contribution is 2.29. The van der Waals surface area contributed by atoms with Gasteiger partial charge in [-0.1, -0.05) is 17.4 Å². The number of rotatable bonds is 4. The van der Waals surface area contributed by atoms with Crippen molar-refractivity contribution in [3.05, 3.63) is 35.8 Å². The second-order valence-corrected chi connectivity index (χ2v) is 10.1. The third kappa shape index (κ3) is 4.02. The van der Waals surface area contributed by atoms with Crippen molar-refractivity contribution in [3.8, 4) is 5.13 Å². The Morgan fingerprint density at radius 1 is 1.31 bits per heavy atom. The molecule has 1 aliphatic heterocycles. The van der Waals surface area contributed by atoms with Gasteiger partial charge in [0.25, 0.3) is 0 Å². The molecule has 29 heavy (non-hydrogen) atoms. The van der Waals surface area contributed by atoms with E-state index in [1.807, 2.05) is 0 Å². The molecule has 1 aliphatic rings. The first-order chi connectivity index (χ1) is 13.7. The number of fused-ring (bicyclic) bond motifs is 1. The summed E-state index contributed by atoms with van der Waals surface area (Å²) in [5, 5.41) is 7.73. The molecule has 1 amide bonds. The SMILES string of the molecule is Cc1cc(NC(=O)C2CCN(S(C)(=O)=O)CC2)n(-c2nc3c(F)cccc3s2)n1. The fraction of sp³-hybridized carbons (Fsp3) is 0.389. The molecule has 2 aromatic heterocycles. The molecule has 0 saturated carbocycles. The molecule has 8 nitrogen and oxygen atoms in total. The standard InChI is InChI=1S/C18H20FN5O3S2/c1-11-10-15(20-17(25)12-6-8-23(9-7-12)29(2,26)27)24(22-11)18-21-16-13(19)4-3-5-14(16)28-18/h3-5,10,12H,6-9H2,1-2H3,(H,20,25). The van der Waals surface area contributed by atoms with Crippen molar-refractivity contribution >= 4 is 43.3 Å². The minimum Gasteiger partial charge on any atom is -0.310 e. The summed E-state index contributed by atoms with van der Waals surface area (Å²) in [5.74, 6) is -0.425. The van der Waals surface area contributed by atoms with Crippen LogP contribution in [0.2, 0.25) is 0 Å². The molecule has 11 heteroatoms. The molecule has 4 rings (SSSR count). The summed E-state index contributed by atoms with van der Waals surface area (Å²) >= 11 is 1.28. The summed E-state index contributed by atoms with van der Waals surface area (Å²) in [5.41, 5.74) is 0.956. The number of halogens is 1. The normalized spacial score (nSPS) is 16.4. The number of para-hydroxylation sites is 1. The molecule has 1 N–H and O–H groups in total. The maximum absolute atomic E-state index is 14.0. The van der Waals surface area contributed by atoms with Gasteiger partial charge in [-0.3, -0.25) is 4.79 Å². The number of hydrogen-bond acceptors (Lipinski definition) is 6. The van der Waals surface area contributed by atoms with Crippen LogP contribution in [0, 0.1) is 18.7 Å². The number of nitrogens with one attached hydrogen (secondary N) is 1. The summed E-state index contributed by atoms with van der Waals surface area (Å²) < 4.78 is 40.8. The number of amides is 1. The number of anilines is 1. The summed E-state index contributed by atoms with van der Waals surface area (Å²) in [7, 11) is -3.24. The van der Waals surface area contributed by atoms with Crippen LogP contribution in [0.3, 0.4) is 0 Å². The highest BCUT2D eigenvalue weighted by molar-refractivity contribution is 7.88. The fourth-order valence-electron chi connectivity index (χ4n) is 3.41. The predicted molar refractivity (Wildman–Crippen MR) is 109 cm³/mol. The predicted octanol–water partition coefficient (Wildman–Crippen LogP) is 2.54. The molecule has 1 aromatic carbocycles. The number of thiazole rings is 1. The lowest BCUT2D eigenvalue weighted by molar-refractivity contribution is -0.120. The van der Waals surface area contributed by atoms with Crippen LogP contribution in [0.15, 0.2) is 24.3 Å². The third-order valence-corrected chi connectivity index (χ3v) is 7.22. The number of piperidine rings is 1. The van der Waals surface area contributed by atoms with Crippen molar-refractivity contribution in [1.29, 1.82) is 0 Å². The number of aromatic nitrogens is 3. The summed E-state index contributed by atoms with van der Waals surface area (Å²) in [6, 6.07) is 6.49. The Balaban J connectivity index is 1.54. The smallest absolute Gasteiger partial charge is 0.228 e. The number of nitrogens with zero attached hydrogens (tertiary/aromatic N) is 4. The van der Waals surface area contributed by atoms with E-state index in [1.165, 1.54) is 32.6 Å². The zero-order chi connectivity index (χ0) is 20.8. The van der Waals surface area contributed by atoms with Gasteiger partial charge in [0.2, 0.25) is 21.1 Å². The van der Waals surface area contributed by atoms with E-state index in [2.05, 4.69) is 15.4 Å². The molecule has 3 heterocycles. The van der Waals surface area contributed by atoms with Crippen LogP contribution in [-0.2, 0) is 14.8 Å². The first kappa shape index (κ1) is 19.9. The molecule has 0 atom stereocenters. The minimum atomic E-state index is -3.24. The average Bonchev–Trinajstić information content (AvgIpc) is 3.25. The minimum absolute atomic E-state index is 0.188. The Morgan fingerprint density at radius 2 is 2.03 bits per heavy atom. The Hall–Kier alpha value is -2.37. The van der Waals surface area contributed by atoms with E-state index in [1.54, 1.807) is 25.1 Å². The number of carbonyl (C=O) groups is 1. The summed E-state index contributed by atoms with van der Waals surface area (Å²) in [6.07, 6.45) is 2.09. The van der Waals surface area contributed by atoms with E-state index < -0.39 is 15.8 Å². The molecule has 0 unspecified atom stereocenters. The van der Waals surface area contributed by atoms with Gasteiger partial charge in [-0.25, -0.2) is 22.1 Å². The Kier molecular flexibility index (Phi) is 5.13. The first-order valence-electron chi connectivity index (χ1n) is 9.10. The summed E-state index contributed by atoms with van der Waals surface area (Å²) in [4.78, 5) is 17.1. The van der Waals surface area contributed by atoms with Gasteiger partial charge in [0.05, 0.1) is 16.6 Å². The van der Waals surface area contributed by atoms with Crippen molar-refractivity contribution in [2.24, 2.45) is 5.92 Å². The summed E-state index contributed by atoms with van der Waals surface area (Å²) in [6.45, 7) is 2.45. The molecule has 154 valence electrons. The first-order valence-corrected chi connectivity index (χ1v) is 11.8. The van der Waals surface area contributed by atoms with E-state index in [-0.39, 0.29) is 17.3 Å². The lowest BCUT2D eigenvalue weighted by atomic mass is 9.97. The van der Waals surface area contributed by atoms with Crippen LogP contribution >= 0.6 is 11.3 Å². The maximum Gasteiger partial charge on any atom is 0.228 e. The molecule has 0 radical (unpaired) electrons. The highest BCUT2D eigenvalue weighted by atomic mass is 32.2. The Bertz CT molecular complexity index is 1180. The van der Waals surface area contributed by atoms with Crippen molar-refractivity contribution in [2.75, 3.05) is 24.7 Å². The van der Waals surface area contributed by atoms with Gasteiger partial charge in [0.1, 0.15) is 17.2 Å². The van der Waals surface area contributed by atoms with E-state index in [9.17, 15) is 17.6 Å². The highest BCUT2D eigenvalue weighted by Gasteiger charge is 2.29. The van der Waals surface area contributed by atoms with Gasteiger partial charge in [-0.05, 0) is 31.9 Å². The largest absolute Gasteiger partial charge is 0.310 e. The van der Waals surface area contributed by atoms with Gasteiger partial charge < -0.3 is 5.32 Å². The van der Waals surface area contributed by atoms with E-state index in [4.69, 9.17) is 0 Å². The van der Waals surface area contributed by atoms with Crippen molar-refractivity contribution in [1.82, 2.24) is 19.1 Å². The molecular formula is C18H20FN5O3S2. The number of carbonyl (C=O) groups excluding carboxylic acids is 1. The number of hydrogen-bond donors (Lipinski definition) is 1. The van der Waals surface area contributed by atoms with Crippen LogP contribution in [0.5, 0.6) is 0 Å².